The Balaban J connectivity index is 2.16. The molecule has 2 nitrogen and oxygen atoms in total. The average molecular weight is 158 g/mol. The maximum absolute atomic E-state index is 5.36. The van der Waals surface area contributed by atoms with Gasteiger partial charge < -0.3 is 9.47 Å². The Kier molecular flexibility index (Phi) is 3.87. The Morgan fingerprint density at radius 3 is 2.18 bits per heavy atom. The summed E-state index contributed by atoms with van der Waals surface area (Å²) < 4.78 is 10.7. The van der Waals surface area contributed by atoms with Crippen molar-refractivity contribution < 1.29 is 9.47 Å². The molecule has 0 aliphatic carbocycles. The van der Waals surface area contributed by atoms with Gasteiger partial charge in [-0.1, -0.05) is 26.7 Å². The topological polar surface area (TPSA) is 18.5 Å². The molecule has 0 radical (unpaired) electrons. The first-order chi connectivity index (χ1) is 5.36. The van der Waals surface area contributed by atoms with Crippen LogP contribution >= 0.6 is 0 Å². The van der Waals surface area contributed by atoms with E-state index in [1.165, 1.54) is 12.8 Å². The van der Waals surface area contributed by atoms with Crippen molar-refractivity contribution in [2.45, 2.75) is 39.4 Å². The number of hydrogen-bond acceptors (Lipinski definition) is 2. The summed E-state index contributed by atoms with van der Waals surface area (Å²) in [6.07, 6.45) is 3.65. The summed E-state index contributed by atoms with van der Waals surface area (Å²) in [6, 6.07) is 0. The number of ether oxygens (including phenoxy) is 2. The number of hydrogen-bond donors (Lipinski definition) is 0. The zero-order chi connectivity index (χ0) is 8.10. The van der Waals surface area contributed by atoms with E-state index in [0.717, 1.165) is 25.6 Å². The zero-order valence-electron chi connectivity index (χ0n) is 7.51. The molecular formula is C9H18O2. The van der Waals surface area contributed by atoms with E-state index < -0.39 is 0 Å². The van der Waals surface area contributed by atoms with Crippen LogP contribution in [0.1, 0.15) is 33.1 Å². The van der Waals surface area contributed by atoms with Gasteiger partial charge in [0.25, 0.3) is 0 Å². The minimum atomic E-state index is 0.0971. The molecule has 1 fully saturated rings. The second-order valence-corrected chi connectivity index (χ2v) is 3.09. The molecule has 66 valence electrons. The fraction of sp³-hybridized carbons (Fsp3) is 1.00. The lowest BCUT2D eigenvalue weighted by atomic mass is 9.99. The molecule has 0 unspecified atom stereocenters. The first-order valence-corrected chi connectivity index (χ1v) is 4.60. The Labute approximate surface area is 68.9 Å². The molecular weight excluding hydrogens is 140 g/mol. The van der Waals surface area contributed by atoms with Crippen LogP contribution in [0, 0.1) is 5.92 Å². The largest absolute Gasteiger partial charge is 0.350 e. The van der Waals surface area contributed by atoms with Gasteiger partial charge in [-0.05, 0) is 5.92 Å². The van der Waals surface area contributed by atoms with Crippen molar-refractivity contribution in [1.29, 1.82) is 0 Å². The summed E-state index contributed by atoms with van der Waals surface area (Å²) in [5, 5.41) is 0. The highest BCUT2D eigenvalue weighted by atomic mass is 16.7. The van der Waals surface area contributed by atoms with Crippen molar-refractivity contribution in [3.63, 3.8) is 0 Å². The van der Waals surface area contributed by atoms with Gasteiger partial charge in [0.2, 0.25) is 0 Å². The van der Waals surface area contributed by atoms with Crippen molar-refractivity contribution in [1.82, 2.24) is 0 Å². The molecule has 0 amide bonds. The molecule has 2 heteroatoms. The molecule has 0 saturated carbocycles. The normalized spacial score (nSPS) is 19.9. The first kappa shape index (κ1) is 9.01. The lowest BCUT2D eigenvalue weighted by Gasteiger charge is -2.15. The fourth-order valence-corrected chi connectivity index (χ4v) is 1.44. The minimum Gasteiger partial charge on any atom is -0.350 e. The minimum absolute atomic E-state index is 0.0971. The SMILES string of the molecule is CCC(CC)CC1OCCO1. The average Bonchev–Trinajstić information content (AvgIpc) is 2.52. The van der Waals surface area contributed by atoms with E-state index >= 15 is 0 Å². The molecule has 11 heavy (non-hydrogen) atoms. The molecule has 0 aromatic heterocycles. The first-order valence-electron chi connectivity index (χ1n) is 4.60. The highest BCUT2D eigenvalue weighted by Crippen LogP contribution is 2.19. The van der Waals surface area contributed by atoms with E-state index in [1.54, 1.807) is 0 Å². The third-order valence-corrected chi connectivity index (χ3v) is 2.37. The van der Waals surface area contributed by atoms with E-state index in [2.05, 4.69) is 13.8 Å². The van der Waals surface area contributed by atoms with Crippen LogP contribution in [-0.4, -0.2) is 19.5 Å². The van der Waals surface area contributed by atoms with E-state index in [4.69, 9.17) is 9.47 Å². The van der Waals surface area contributed by atoms with E-state index in [-0.39, 0.29) is 6.29 Å². The Bertz CT molecular complexity index is 93.7. The van der Waals surface area contributed by atoms with E-state index in [0.29, 0.717) is 0 Å². The standard InChI is InChI=1S/C9H18O2/c1-3-8(4-2)7-9-10-5-6-11-9/h8-9H,3-7H2,1-2H3. The van der Waals surface area contributed by atoms with Gasteiger partial charge >= 0.3 is 0 Å². The maximum atomic E-state index is 5.36. The summed E-state index contributed by atoms with van der Waals surface area (Å²) in [6.45, 7) is 6.02. The van der Waals surface area contributed by atoms with Crippen molar-refractivity contribution >= 4 is 0 Å². The summed E-state index contributed by atoms with van der Waals surface area (Å²) >= 11 is 0. The van der Waals surface area contributed by atoms with Crippen LogP contribution in [0.25, 0.3) is 0 Å². The molecule has 1 aliphatic rings. The molecule has 0 aromatic carbocycles. The molecule has 1 rings (SSSR count). The second kappa shape index (κ2) is 4.73. The maximum Gasteiger partial charge on any atom is 0.158 e. The monoisotopic (exact) mass is 158 g/mol. The van der Waals surface area contributed by atoms with Crippen molar-refractivity contribution in [2.75, 3.05) is 13.2 Å². The van der Waals surface area contributed by atoms with Crippen LogP contribution in [0.4, 0.5) is 0 Å². The van der Waals surface area contributed by atoms with Gasteiger partial charge in [-0.25, -0.2) is 0 Å². The summed E-state index contributed by atoms with van der Waals surface area (Å²) in [7, 11) is 0. The predicted octanol–water partition coefficient (Wildman–Crippen LogP) is 2.19. The van der Waals surface area contributed by atoms with Gasteiger partial charge in [-0.15, -0.1) is 0 Å². The van der Waals surface area contributed by atoms with Gasteiger partial charge in [0.05, 0.1) is 13.2 Å². The Morgan fingerprint density at radius 2 is 1.73 bits per heavy atom. The van der Waals surface area contributed by atoms with Crippen LogP contribution in [-0.2, 0) is 9.47 Å². The fourth-order valence-electron chi connectivity index (χ4n) is 1.44. The second-order valence-electron chi connectivity index (χ2n) is 3.09. The zero-order valence-corrected chi connectivity index (χ0v) is 7.51. The Morgan fingerprint density at radius 1 is 1.18 bits per heavy atom. The van der Waals surface area contributed by atoms with Crippen LogP contribution in [0.3, 0.4) is 0 Å². The van der Waals surface area contributed by atoms with Gasteiger partial charge in [0.1, 0.15) is 0 Å². The molecule has 0 spiro atoms. The van der Waals surface area contributed by atoms with Crippen LogP contribution in [0.2, 0.25) is 0 Å². The van der Waals surface area contributed by atoms with Crippen LogP contribution in [0.5, 0.6) is 0 Å². The molecule has 0 bridgehead atoms. The molecule has 1 saturated heterocycles. The van der Waals surface area contributed by atoms with Crippen LogP contribution in [0.15, 0.2) is 0 Å². The third-order valence-electron chi connectivity index (χ3n) is 2.37. The van der Waals surface area contributed by atoms with Gasteiger partial charge in [0, 0.05) is 6.42 Å². The van der Waals surface area contributed by atoms with E-state index in [9.17, 15) is 0 Å². The molecule has 1 heterocycles. The van der Waals surface area contributed by atoms with Crippen molar-refractivity contribution in [3.05, 3.63) is 0 Å². The Hall–Kier alpha value is -0.0800. The highest BCUT2D eigenvalue weighted by molar-refractivity contribution is 4.60. The van der Waals surface area contributed by atoms with Gasteiger partial charge in [-0.3, -0.25) is 0 Å². The molecule has 1 aliphatic heterocycles. The summed E-state index contributed by atoms with van der Waals surface area (Å²) in [5.74, 6) is 0.776. The van der Waals surface area contributed by atoms with Gasteiger partial charge in [-0.2, -0.15) is 0 Å². The number of rotatable bonds is 4. The van der Waals surface area contributed by atoms with Crippen molar-refractivity contribution in [2.24, 2.45) is 5.92 Å². The summed E-state index contributed by atoms with van der Waals surface area (Å²) in [4.78, 5) is 0. The van der Waals surface area contributed by atoms with Gasteiger partial charge in [0.15, 0.2) is 6.29 Å². The lowest BCUT2D eigenvalue weighted by molar-refractivity contribution is -0.0575. The molecule has 0 atom stereocenters. The molecule has 0 aromatic rings. The predicted molar refractivity (Wildman–Crippen MR) is 44.4 cm³/mol. The molecule has 0 N–H and O–H groups in total. The quantitative estimate of drug-likeness (QED) is 0.624. The van der Waals surface area contributed by atoms with E-state index in [1.807, 2.05) is 0 Å². The smallest absolute Gasteiger partial charge is 0.158 e. The third kappa shape index (κ3) is 2.80. The van der Waals surface area contributed by atoms with Crippen LogP contribution < -0.4 is 0 Å². The van der Waals surface area contributed by atoms with Crippen molar-refractivity contribution in [3.8, 4) is 0 Å². The lowest BCUT2D eigenvalue weighted by Crippen LogP contribution is -2.13. The summed E-state index contributed by atoms with van der Waals surface area (Å²) in [5.41, 5.74) is 0. The highest BCUT2D eigenvalue weighted by Gasteiger charge is 2.18.